The van der Waals surface area contributed by atoms with Crippen LogP contribution in [0.4, 0.5) is 15.8 Å². The van der Waals surface area contributed by atoms with E-state index in [1.165, 1.54) is 10.9 Å². The fraction of sp³-hybridized carbons (Fsp3) is 0.312. The maximum atomic E-state index is 13.5. The lowest BCUT2D eigenvalue weighted by atomic mass is 9.96. The number of aromatic nitrogens is 5. The topological polar surface area (TPSA) is 137 Å². The number of rotatable bonds is 9. The molecule has 0 aliphatic heterocycles. The van der Waals surface area contributed by atoms with Gasteiger partial charge in [0.15, 0.2) is 0 Å². The van der Waals surface area contributed by atoms with Gasteiger partial charge in [-0.1, -0.05) is 38.1 Å². The first-order valence-electron chi connectivity index (χ1n) is 13.8. The zero-order valence-electron chi connectivity index (χ0n) is 24.7. The highest BCUT2D eigenvalue weighted by Gasteiger charge is 2.24. The summed E-state index contributed by atoms with van der Waals surface area (Å²) in [5, 5.41) is 37.9. The molecular weight excluding hydrogens is 545 g/mol. The molecular formula is C32H32FN9O. The molecule has 0 amide bonds. The second kappa shape index (κ2) is 11.9. The molecule has 0 radical (unpaired) electrons. The van der Waals surface area contributed by atoms with Crippen LogP contribution >= 0.6 is 0 Å². The van der Waals surface area contributed by atoms with Gasteiger partial charge in [0.2, 0.25) is 5.88 Å². The van der Waals surface area contributed by atoms with Crippen LogP contribution in [0, 0.1) is 28.1 Å². The Bertz CT molecular complexity index is 1880. The standard InChI is InChI=1S/C32H32FN9O/c1-19(13-33)42-17-27(40-41-42)30(24-7-6-8-25-23(24)9-10-36-31(25)43-5)39-22-11-20(14-34)28-26(12-22)29(21(15-35)16-37-28)38-18-32(2,3)4/h6-12,16-17,19,30,39H,13,18H2,1-5H3,(H,37,38)/t19-,30-/m0/s1. The first-order valence-corrected chi connectivity index (χ1v) is 13.8. The van der Waals surface area contributed by atoms with E-state index < -0.39 is 18.8 Å². The Morgan fingerprint density at radius 1 is 1.05 bits per heavy atom. The first kappa shape index (κ1) is 29.2. The molecule has 11 heteroatoms. The van der Waals surface area contributed by atoms with Gasteiger partial charge in [-0.2, -0.15) is 10.5 Å². The molecule has 3 heterocycles. The largest absolute Gasteiger partial charge is 0.481 e. The van der Waals surface area contributed by atoms with Crippen molar-refractivity contribution in [1.82, 2.24) is 25.0 Å². The molecule has 0 bridgehead atoms. The average Bonchev–Trinajstić information content (AvgIpc) is 3.50. The Balaban J connectivity index is 1.70. The molecule has 0 fully saturated rings. The lowest BCUT2D eigenvalue weighted by Gasteiger charge is -2.23. The lowest BCUT2D eigenvalue weighted by molar-refractivity contribution is 0.351. The number of pyridine rings is 2. The number of nitrogens with zero attached hydrogens (tertiary/aromatic N) is 7. The smallest absolute Gasteiger partial charge is 0.221 e. The second-order valence-electron chi connectivity index (χ2n) is 11.6. The molecule has 2 N–H and O–H groups in total. The second-order valence-corrected chi connectivity index (χ2v) is 11.6. The minimum absolute atomic E-state index is 0.0613. The first-order chi connectivity index (χ1) is 20.7. The molecule has 2 aromatic carbocycles. The van der Waals surface area contributed by atoms with Crippen molar-refractivity contribution in [3.63, 3.8) is 0 Å². The van der Waals surface area contributed by atoms with E-state index in [0.717, 1.165) is 16.3 Å². The minimum Gasteiger partial charge on any atom is -0.481 e. The Morgan fingerprint density at radius 3 is 2.53 bits per heavy atom. The highest BCUT2D eigenvalue weighted by molar-refractivity contribution is 5.99. The van der Waals surface area contributed by atoms with Crippen LogP contribution in [0.15, 0.2) is 55.0 Å². The molecule has 43 heavy (non-hydrogen) atoms. The van der Waals surface area contributed by atoms with Crippen LogP contribution in [-0.4, -0.2) is 45.3 Å². The van der Waals surface area contributed by atoms with E-state index in [2.05, 4.69) is 63.8 Å². The number of ether oxygens (including phenoxy) is 1. The van der Waals surface area contributed by atoms with E-state index in [-0.39, 0.29) is 5.41 Å². The van der Waals surface area contributed by atoms with E-state index in [1.807, 2.05) is 30.3 Å². The van der Waals surface area contributed by atoms with Crippen molar-refractivity contribution < 1.29 is 9.13 Å². The van der Waals surface area contributed by atoms with Crippen molar-refractivity contribution in [2.24, 2.45) is 5.41 Å². The van der Waals surface area contributed by atoms with Gasteiger partial charge in [-0.15, -0.1) is 5.10 Å². The van der Waals surface area contributed by atoms with Gasteiger partial charge in [-0.25, -0.2) is 14.1 Å². The fourth-order valence-electron chi connectivity index (χ4n) is 4.91. The third kappa shape index (κ3) is 5.88. The van der Waals surface area contributed by atoms with Crippen LogP contribution in [0.5, 0.6) is 5.88 Å². The SMILES string of the molecule is COc1nccc2c([C@H](Nc3cc(C#N)c4ncc(C#N)c(NCC(C)(C)C)c4c3)c3cn([C@@H](C)CF)nn3)cccc12. The number of fused-ring (bicyclic) bond motifs is 2. The lowest BCUT2D eigenvalue weighted by Crippen LogP contribution is -2.20. The predicted molar refractivity (Wildman–Crippen MR) is 164 cm³/mol. The Hall–Kier alpha value is -5.29. The normalized spacial score (nSPS) is 12.8. The Labute approximate surface area is 249 Å². The number of alkyl halides is 1. The monoisotopic (exact) mass is 577 g/mol. The van der Waals surface area contributed by atoms with Crippen molar-refractivity contribution in [3.8, 4) is 18.0 Å². The molecule has 218 valence electrons. The average molecular weight is 578 g/mol. The van der Waals surface area contributed by atoms with Crippen LogP contribution in [0.3, 0.4) is 0 Å². The van der Waals surface area contributed by atoms with E-state index >= 15 is 0 Å². The molecule has 10 nitrogen and oxygen atoms in total. The summed E-state index contributed by atoms with van der Waals surface area (Å²) in [7, 11) is 1.57. The van der Waals surface area contributed by atoms with Crippen LogP contribution < -0.4 is 15.4 Å². The Morgan fingerprint density at radius 2 is 1.84 bits per heavy atom. The van der Waals surface area contributed by atoms with Crippen molar-refractivity contribution >= 4 is 33.1 Å². The summed E-state index contributed by atoms with van der Waals surface area (Å²) < 4.78 is 20.5. The molecule has 0 unspecified atom stereocenters. The van der Waals surface area contributed by atoms with Crippen molar-refractivity contribution in [1.29, 1.82) is 10.5 Å². The van der Waals surface area contributed by atoms with Gasteiger partial charge in [0, 0.05) is 35.4 Å². The number of methoxy groups -OCH3 is 1. The van der Waals surface area contributed by atoms with Crippen LogP contribution in [0.1, 0.15) is 62.2 Å². The third-order valence-corrected chi connectivity index (χ3v) is 7.13. The molecule has 0 aliphatic rings. The summed E-state index contributed by atoms with van der Waals surface area (Å²) >= 11 is 0. The van der Waals surface area contributed by atoms with Crippen LogP contribution in [-0.2, 0) is 0 Å². The predicted octanol–water partition coefficient (Wildman–Crippen LogP) is 6.32. The molecule has 0 saturated heterocycles. The number of hydrogen-bond acceptors (Lipinski definition) is 9. The van der Waals surface area contributed by atoms with Gasteiger partial charge in [-0.05, 0) is 47.6 Å². The highest BCUT2D eigenvalue weighted by atomic mass is 19.1. The maximum Gasteiger partial charge on any atom is 0.221 e. The highest BCUT2D eigenvalue weighted by Crippen LogP contribution is 2.37. The number of halogens is 1. The summed E-state index contributed by atoms with van der Waals surface area (Å²) in [6.45, 7) is 8.03. The van der Waals surface area contributed by atoms with Crippen molar-refractivity contribution in [2.75, 3.05) is 31.0 Å². The van der Waals surface area contributed by atoms with Crippen molar-refractivity contribution in [3.05, 3.63) is 77.4 Å². The van der Waals surface area contributed by atoms with Crippen molar-refractivity contribution in [2.45, 2.75) is 39.8 Å². The van der Waals surface area contributed by atoms with Gasteiger partial charge in [-0.3, -0.25) is 4.98 Å². The summed E-state index contributed by atoms with van der Waals surface area (Å²) in [4.78, 5) is 8.81. The molecule has 2 atom stereocenters. The van der Waals surface area contributed by atoms with E-state index in [1.54, 1.807) is 32.5 Å². The third-order valence-electron chi connectivity index (χ3n) is 7.13. The van der Waals surface area contributed by atoms with Gasteiger partial charge in [0.05, 0.1) is 47.7 Å². The number of nitrogens with one attached hydrogen (secondary N) is 2. The van der Waals surface area contributed by atoms with Gasteiger partial charge in [0.25, 0.3) is 0 Å². The van der Waals surface area contributed by atoms with E-state index in [9.17, 15) is 14.9 Å². The molecule has 5 rings (SSSR count). The van der Waals surface area contributed by atoms with Crippen LogP contribution in [0.2, 0.25) is 0 Å². The number of anilines is 2. The summed E-state index contributed by atoms with van der Waals surface area (Å²) in [5.41, 5.74) is 3.78. The molecule has 5 aromatic rings. The Kier molecular flexibility index (Phi) is 8.09. The van der Waals surface area contributed by atoms with Gasteiger partial charge < -0.3 is 15.4 Å². The maximum absolute atomic E-state index is 13.5. The molecule has 0 saturated carbocycles. The minimum atomic E-state index is -0.590. The van der Waals surface area contributed by atoms with E-state index in [0.29, 0.717) is 51.5 Å². The number of nitriles is 2. The van der Waals surface area contributed by atoms with Gasteiger partial charge in [0.1, 0.15) is 24.5 Å². The zero-order valence-corrected chi connectivity index (χ0v) is 24.7. The van der Waals surface area contributed by atoms with E-state index in [4.69, 9.17) is 4.74 Å². The number of benzene rings is 2. The summed E-state index contributed by atoms with van der Waals surface area (Å²) in [6.07, 6.45) is 4.89. The molecule has 0 spiro atoms. The van der Waals surface area contributed by atoms with Gasteiger partial charge >= 0.3 is 0 Å². The molecule has 0 aliphatic carbocycles. The summed E-state index contributed by atoms with van der Waals surface area (Å²) in [5.74, 6) is 0.481. The number of hydrogen-bond donors (Lipinski definition) is 2. The quantitative estimate of drug-likeness (QED) is 0.206. The fourth-order valence-corrected chi connectivity index (χ4v) is 4.91. The molecule has 3 aromatic heterocycles. The summed E-state index contributed by atoms with van der Waals surface area (Å²) in [6, 6.07) is 14.7. The van der Waals surface area contributed by atoms with Crippen LogP contribution in [0.25, 0.3) is 21.7 Å². The zero-order chi connectivity index (χ0) is 30.7.